The second kappa shape index (κ2) is 6.70. The predicted octanol–water partition coefficient (Wildman–Crippen LogP) is -1.05. The van der Waals surface area contributed by atoms with Gasteiger partial charge in [0.2, 0.25) is 11.7 Å². The lowest BCUT2D eigenvalue weighted by Crippen LogP contribution is -2.39. The molecule has 0 atom stereocenters. The van der Waals surface area contributed by atoms with E-state index in [1.54, 1.807) is 14.0 Å². The van der Waals surface area contributed by atoms with Gasteiger partial charge in [-0.3, -0.25) is 14.7 Å². The van der Waals surface area contributed by atoms with Crippen LogP contribution < -0.4 is 5.32 Å². The molecule has 0 aliphatic heterocycles. The Balaban J connectivity index is 2.42. The number of methoxy groups -OCH3 is 1. The van der Waals surface area contributed by atoms with Gasteiger partial charge in [0.15, 0.2) is 0 Å². The van der Waals surface area contributed by atoms with Crippen LogP contribution in [-0.4, -0.2) is 65.7 Å². The number of H-pyrrole nitrogens is 1. The minimum absolute atomic E-state index is 0.0455. The van der Waals surface area contributed by atoms with Gasteiger partial charge in [-0.15, -0.1) is 5.10 Å². The Bertz CT molecular complexity index is 417. The second-order valence-electron chi connectivity index (χ2n) is 3.75. The van der Waals surface area contributed by atoms with Crippen LogP contribution >= 0.6 is 0 Å². The third-order valence-electron chi connectivity index (χ3n) is 2.14. The van der Waals surface area contributed by atoms with Crippen molar-refractivity contribution in [3.63, 3.8) is 0 Å². The molecule has 18 heavy (non-hydrogen) atoms. The number of aromatic nitrogens is 3. The van der Waals surface area contributed by atoms with Gasteiger partial charge >= 0.3 is 0 Å². The van der Waals surface area contributed by atoms with E-state index in [0.29, 0.717) is 19.0 Å². The van der Waals surface area contributed by atoms with Crippen LogP contribution in [0.3, 0.4) is 0 Å². The molecule has 8 nitrogen and oxygen atoms in total. The molecule has 0 aliphatic rings. The van der Waals surface area contributed by atoms with Gasteiger partial charge in [0.1, 0.15) is 5.82 Å². The summed E-state index contributed by atoms with van der Waals surface area (Å²) in [5, 5.41) is 8.93. The first-order valence-electron chi connectivity index (χ1n) is 5.44. The lowest BCUT2D eigenvalue weighted by Gasteiger charge is -2.14. The van der Waals surface area contributed by atoms with E-state index in [9.17, 15) is 9.59 Å². The highest BCUT2D eigenvalue weighted by atomic mass is 16.5. The number of hydrogen-bond acceptors (Lipinski definition) is 5. The molecule has 0 saturated carbocycles. The van der Waals surface area contributed by atoms with Crippen LogP contribution in [0.25, 0.3) is 0 Å². The quantitative estimate of drug-likeness (QED) is 0.632. The smallest absolute Gasteiger partial charge is 0.293 e. The van der Waals surface area contributed by atoms with E-state index in [1.807, 2.05) is 0 Å². The van der Waals surface area contributed by atoms with Crippen molar-refractivity contribution in [2.75, 3.05) is 33.9 Å². The van der Waals surface area contributed by atoms with Crippen LogP contribution in [0.2, 0.25) is 0 Å². The summed E-state index contributed by atoms with van der Waals surface area (Å²) in [5.41, 5.74) is 0. The van der Waals surface area contributed by atoms with Crippen molar-refractivity contribution in [3.05, 3.63) is 11.6 Å². The number of carbonyl (C=O) groups is 2. The maximum atomic E-state index is 11.8. The predicted molar refractivity (Wildman–Crippen MR) is 63.0 cm³/mol. The fourth-order valence-corrected chi connectivity index (χ4v) is 1.24. The Hall–Kier alpha value is -1.96. The van der Waals surface area contributed by atoms with Crippen molar-refractivity contribution < 1.29 is 14.3 Å². The highest BCUT2D eigenvalue weighted by Gasteiger charge is 2.18. The summed E-state index contributed by atoms with van der Waals surface area (Å²) in [6.07, 6.45) is 0. The topological polar surface area (TPSA) is 100 Å². The third-order valence-corrected chi connectivity index (χ3v) is 2.14. The molecule has 0 radical (unpaired) electrons. The normalized spacial score (nSPS) is 10.2. The van der Waals surface area contributed by atoms with E-state index >= 15 is 0 Å². The summed E-state index contributed by atoms with van der Waals surface area (Å²) in [6.45, 7) is 2.50. The lowest BCUT2D eigenvalue weighted by molar-refractivity contribution is -0.121. The summed E-state index contributed by atoms with van der Waals surface area (Å²) < 4.78 is 4.80. The van der Waals surface area contributed by atoms with Gasteiger partial charge in [0.25, 0.3) is 5.91 Å². The molecular formula is C10H17N5O3. The molecule has 0 spiro atoms. The highest BCUT2D eigenvalue weighted by Crippen LogP contribution is 1.96. The molecule has 1 aromatic rings. The van der Waals surface area contributed by atoms with Crippen molar-refractivity contribution in [3.8, 4) is 0 Å². The molecule has 1 heterocycles. The van der Waals surface area contributed by atoms with Crippen molar-refractivity contribution in [1.29, 1.82) is 0 Å². The van der Waals surface area contributed by atoms with Crippen molar-refractivity contribution in [2.24, 2.45) is 0 Å². The number of nitrogens with one attached hydrogen (secondary N) is 2. The van der Waals surface area contributed by atoms with Gasteiger partial charge in [-0.05, 0) is 6.92 Å². The van der Waals surface area contributed by atoms with E-state index < -0.39 is 5.91 Å². The zero-order chi connectivity index (χ0) is 13.5. The fraction of sp³-hybridized carbons (Fsp3) is 0.600. The van der Waals surface area contributed by atoms with Crippen LogP contribution in [0, 0.1) is 6.92 Å². The number of aromatic amines is 1. The molecule has 1 aromatic heterocycles. The number of ether oxygens (including phenoxy) is 1. The number of amides is 2. The number of nitrogens with zero attached hydrogens (tertiary/aromatic N) is 3. The average Bonchev–Trinajstić information content (AvgIpc) is 2.75. The van der Waals surface area contributed by atoms with Gasteiger partial charge in [0, 0.05) is 20.7 Å². The monoisotopic (exact) mass is 255 g/mol. The molecule has 2 amide bonds. The zero-order valence-corrected chi connectivity index (χ0v) is 10.7. The minimum atomic E-state index is -0.402. The first-order chi connectivity index (χ1) is 8.54. The Morgan fingerprint density at radius 3 is 2.78 bits per heavy atom. The van der Waals surface area contributed by atoms with Gasteiger partial charge in [-0.2, -0.15) is 0 Å². The molecule has 0 fully saturated rings. The van der Waals surface area contributed by atoms with E-state index in [0.717, 1.165) is 0 Å². The standard InChI is InChI=1S/C10H17N5O3/c1-7-12-9(14-13-7)10(17)15(2)6-8(16)11-4-5-18-3/h4-6H2,1-3H3,(H,11,16)(H,12,13,14). The Kier molecular flexibility index (Phi) is 5.25. The second-order valence-corrected chi connectivity index (χ2v) is 3.75. The fourth-order valence-electron chi connectivity index (χ4n) is 1.24. The number of carbonyl (C=O) groups excluding carboxylic acids is 2. The number of hydrogen-bond donors (Lipinski definition) is 2. The maximum Gasteiger partial charge on any atom is 0.293 e. The molecule has 100 valence electrons. The number of rotatable bonds is 6. The number of aryl methyl sites for hydroxylation is 1. The van der Waals surface area contributed by atoms with E-state index in [1.165, 1.54) is 11.9 Å². The van der Waals surface area contributed by atoms with Gasteiger partial charge in [-0.1, -0.05) is 0 Å². The lowest BCUT2D eigenvalue weighted by atomic mass is 10.4. The van der Waals surface area contributed by atoms with Crippen molar-refractivity contribution in [2.45, 2.75) is 6.92 Å². The van der Waals surface area contributed by atoms with E-state index in [4.69, 9.17) is 4.74 Å². The molecule has 1 rings (SSSR count). The summed E-state index contributed by atoms with van der Waals surface area (Å²) in [6, 6.07) is 0. The molecule has 0 bridgehead atoms. The molecule has 2 N–H and O–H groups in total. The van der Waals surface area contributed by atoms with E-state index in [-0.39, 0.29) is 18.3 Å². The maximum absolute atomic E-state index is 11.8. The third kappa shape index (κ3) is 4.13. The zero-order valence-electron chi connectivity index (χ0n) is 10.7. The van der Waals surface area contributed by atoms with Crippen LogP contribution in [0.1, 0.15) is 16.4 Å². The Labute approximate surface area is 105 Å². The summed E-state index contributed by atoms with van der Waals surface area (Å²) >= 11 is 0. The summed E-state index contributed by atoms with van der Waals surface area (Å²) in [4.78, 5) is 28.4. The van der Waals surface area contributed by atoms with Crippen LogP contribution in [0.15, 0.2) is 0 Å². The van der Waals surface area contributed by atoms with Crippen molar-refractivity contribution >= 4 is 11.8 Å². The van der Waals surface area contributed by atoms with Gasteiger partial charge in [-0.25, -0.2) is 4.98 Å². The first-order valence-corrected chi connectivity index (χ1v) is 5.44. The Morgan fingerprint density at radius 1 is 1.50 bits per heavy atom. The SMILES string of the molecule is COCCNC(=O)CN(C)C(=O)c1n[nH]c(C)n1. The van der Waals surface area contributed by atoms with Gasteiger partial charge < -0.3 is 15.0 Å². The first kappa shape index (κ1) is 14.1. The van der Waals surface area contributed by atoms with Crippen LogP contribution in [-0.2, 0) is 9.53 Å². The van der Waals surface area contributed by atoms with Crippen LogP contribution in [0.5, 0.6) is 0 Å². The molecule has 8 heteroatoms. The molecule has 0 aromatic carbocycles. The largest absolute Gasteiger partial charge is 0.383 e. The van der Waals surface area contributed by atoms with Crippen LogP contribution in [0.4, 0.5) is 0 Å². The minimum Gasteiger partial charge on any atom is -0.383 e. The average molecular weight is 255 g/mol. The molecule has 0 unspecified atom stereocenters. The molecule has 0 aliphatic carbocycles. The Morgan fingerprint density at radius 2 is 2.22 bits per heavy atom. The van der Waals surface area contributed by atoms with Gasteiger partial charge in [0.05, 0.1) is 13.2 Å². The summed E-state index contributed by atoms with van der Waals surface area (Å²) in [5.74, 6) is -0.0487. The highest BCUT2D eigenvalue weighted by molar-refractivity contribution is 5.93. The molecular weight excluding hydrogens is 238 g/mol. The summed E-state index contributed by atoms with van der Waals surface area (Å²) in [7, 11) is 3.07. The molecule has 0 saturated heterocycles. The van der Waals surface area contributed by atoms with E-state index in [2.05, 4.69) is 20.5 Å². The van der Waals surface area contributed by atoms with Crippen molar-refractivity contribution in [1.82, 2.24) is 25.4 Å². The number of likely N-dealkylation sites (N-methyl/N-ethyl adjacent to an activating group) is 1.